The zero-order valence-corrected chi connectivity index (χ0v) is 26.2. The number of fused-ring (bicyclic) bond motifs is 5. The second kappa shape index (κ2) is 12.5. The monoisotopic (exact) mass is 652 g/mol. The number of hydrogen-bond donors (Lipinski definition) is 0. The van der Waals surface area contributed by atoms with Crippen molar-refractivity contribution < 1.29 is 28.7 Å². The Morgan fingerprint density at radius 1 is 0.478 bits per heavy atom. The molecule has 3 fully saturated rings. The van der Waals surface area contributed by atoms with Crippen LogP contribution < -0.4 is 9.47 Å². The van der Waals surface area contributed by atoms with E-state index in [9.17, 15) is 19.2 Å². The van der Waals surface area contributed by atoms with E-state index in [0.29, 0.717) is 57.4 Å². The van der Waals surface area contributed by atoms with Crippen LogP contribution in [0.15, 0.2) is 97.1 Å². The Bertz CT molecular complexity index is 1800. The molecule has 0 saturated heterocycles. The zero-order valence-electron chi connectivity index (χ0n) is 24.7. The van der Waals surface area contributed by atoms with Crippen molar-refractivity contribution in [3.63, 3.8) is 0 Å². The summed E-state index contributed by atoms with van der Waals surface area (Å²) in [6.45, 7) is 0. The Balaban J connectivity index is 0.950. The summed E-state index contributed by atoms with van der Waals surface area (Å²) in [5, 5.41) is -1.14. The van der Waals surface area contributed by atoms with Crippen LogP contribution in [-0.4, -0.2) is 22.4 Å². The lowest BCUT2D eigenvalue weighted by atomic mass is 9.73. The molecule has 0 aromatic heterocycles. The largest absolute Gasteiger partial charge is 0.423 e. The minimum absolute atomic E-state index is 0.326. The third kappa shape index (κ3) is 6.00. The highest BCUT2D eigenvalue weighted by atomic mass is 35.5. The molecule has 0 aliphatic heterocycles. The number of halogens is 2. The molecule has 6 unspecified atom stereocenters. The van der Waals surface area contributed by atoms with Crippen molar-refractivity contribution in [2.45, 2.75) is 37.5 Å². The van der Waals surface area contributed by atoms with Gasteiger partial charge in [0.05, 0.1) is 11.1 Å². The molecule has 4 aromatic rings. The van der Waals surface area contributed by atoms with Gasteiger partial charge in [0, 0.05) is 11.1 Å². The topological polar surface area (TPSA) is 86.7 Å². The highest BCUT2D eigenvalue weighted by Gasteiger charge is 2.56. The molecule has 3 saturated carbocycles. The Hall–Kier alpha value is -4.26. The van der Waals surface area contributed by atoms with Gasteiger partial charge in [0.15, 0.2) is 0 Å². The second-order valence-corrected chi connectivity index (χ2v) is 13.3. The maximum atomic E-state index is 12.6. The van der Waals surface area contributed by atoms with Gasteiger partial charge in [0.1, 0.15) is 11.5 Å². The van der Waals surface area contributed by atoms with Gasteiger partial charge >= 0.3 is 11.9 Å². The summed E-state index contributed by atoms with van der Waals surface area (Å²) in [4.78, 5) is 47.7. The number of carbonyl (C=O) groups excluding carboxylic acids is 4. The van der Waals surface area contributed by atoms with E-state index >= 15 is 0 Å². The van der Waals surface area contributed by atoms with Crippen LogP contribution in [0.25, 0.3) is 0 Å². The quantitative estimate of drug-likeness (QED) is 0.107. The molecule has 7 rings (SSSR count). The maximum Gasteiger partial charge on any atom is 0.343 e. The molecule has 4 aromatic carbocycles. The van der Waals surface area contributed by atoms with Gasteiger partial charge < -0.3 is 9.47 Å². The molecule has 0 spiro atoms. The second-order valence-electron chi connectivity index (χ2n) is 12.6. The smallest absolute Gasteiger partial charge is 0.343 e. The zero-order chi connectivity index (χ0) is 31.9. The van der Waals surface area contributed by atoms with E-state index in [2.05, 4.69) is 24.3 Å². The Morgan fingerprint density at radius 3 is 1.39 bits per heavy atom. The average molecular weight is 654 g/mol. The molecule has 2 bridgehead atoms. The average Bonchev–Trinajstić information content (AvgIpc) is 3.79. The van der Waals surface area contributed by atoms with Crippen LogP contribution >= 0.6 is 23.2 Å². The van der Waals surface area contributed by atoms with Gasteiger partial charge in [-0.1, -0.05) is 24.3 Å². The molecule has 0 radical (unpaired) electrons. The highest BCUT2D eigenvalue weighted by Crippen LogP contribution is 2.66. The Kier molecular flexibility index (Phi) is 8.26. The fourth-order valence-electron chi connectivity index (χ4n) is 8.12. The first kappa shape index (κ1) is 30.4. The normalized spacial score (nSPS) is 24.3. The van der Waals surface area contributed by atoms with Gasteiger partial charge in [0.25, 0.3) is 10.5 Å². The van der Waals surface area contributed by atoms with Crippen molar-refractivity contribution in [2.75, 3.05) is 0 Å². The van der Waals surface area contributed by atoms with Crippen LogP contribution in [0.1, 0.15) is 90.1 Å². The van der Waals surface area contributed by atoms with Crippen molar-refractivity contribution in [1.29, 1.82) is 0 Å². The summed E-state index contributed by atoms with van der Waals surface area (Å²) in [7, 11) is 0. The SMILES string of the molecule is O=C(Cl)c1ccc(C(=O)Oc2ccc(C3CC4C5CC(c6ccc(OC(=O)c7ccc(C(=O)Cl)cc7)cc6)C(C5)C4C3)cc2)cc1. The van der Waals surface area contributed by atoms with Gasteiger partial charge in [-0.3, -0.25) is 9.59 Å². The van der Waals surface area contributed by atoms with Gasteiger partial charge in [-0.25, -0.2) is 9.59 Å². The van der Waals surface area contributed by atoms with E-state index in [1.807, 2.05) is 24.3 Å². The molecule has 0 N–H and O–H groups in total. The van der Waals surface area contributed by atoms with Crippen molar-refractivity contribution in [2.24, 2.45) is 23.7 Å². The lowest BCUT2D eigenvalue weighted by Crippen LogP contribution is -2.23. The molecule has 3 aliphatic carbocycles. The summed E-state index contributed by atoms with van der Waals surface area (Å²) in [5.74, 6) is 3.81. The number of carbonyl (C=O) groups is 4. The summed E-state index contributed by atoms with van der Waals surface area (Å²) < 4.78 is 11.1. The van der Waals surface area contributed by atoms with Crippen molar-refractivity contribution in [3.8, 4) is 11.5 Å². The molecule has 6 nitrogen and oxygen atoms in total. The van der Waals surface area contributed by atoms with E-state index < -0.39 is 22.4 Å². The maximum absolute atomic E-state index is 12.6. The number of ether oxygens (including phenoxy) is 2. The molecule has 0 heterocycles. The number of esters is 2. The van der Waals surface area contributed by atoms with Crippen molar-refractivity contribution in [1.82, 2.24) is 0 Å². The third-order valence-electron chi connectivity index (χ3n) is 10.2. The molecule has 3 aliphatic rings. The molecule has 232 valence electrons. The van der Waals surface area contributed by atoms with Crippen LogP contribution in [0.3, 0.4) is 0 Å². The lowest BCUT2D eigenvalue weighted by molar-refractivity contribution is 0.0725. The van der Waals surface area contributed by atoms with E-state index in [-0.39, 0.29) is 0 Å². The summed E-state index contributed by atoms with van der Waals surface area (Å²) in [6, 6.07) is 28.0. The van der Waals surface area contributed by atoms with Gasteiger partial charge in [-0.2, -0.15) is 0 Å². The minimum atomic E-state index is -0.572. The van der Waals surface area contributed by atoms with Crippen LogP contribution in [0.5, 0.6) is 11.5 Å². The standard InChI is InChI=1S/C38H30Cl2O6/c39-35(41)23-1-5-25(6-2-23)37(43)45-29-13-9-21(10-14-29)27-17-32-28-19-31(34(20-28)33(32)18-27)22-11-15-30(16-12-22)46-38(44)26-7-3-24(4-8-26)36(40)42/h1-16,27-28,31-34H,17-20H2. The van der Waals surface area contributed by atoms with E-state index in [0.717, 1.165) is 18.3 Å². The first-order valence-corrected chi connectivity index (χ1v) is 16.2. The van der Waals surface area contributed by atoms with Crippen LogP contribution in [0, 0.1) is 23.7 Å². The van der Waals surface area contributed by atoms with Crippen LogP contribution in [0.2, 0.25) is 0 Å². The first-order valence-electron chi connectivity index (χ1n) is 15.5. The molecule has 46 heavy (non-hydrogen) atoms. The molecule has 8 heteroatoms. The lowest BCUT2D eigenvalue weighted by Gasteiger charge is -2.31. The number of rotatable bonds is 8. The summed E-state index contributed by atoms with van der Waals surface area (Å²) in [5.41, 5.74) is 3.94. The highest BCUT2D eigenvalue weighted by molar-refractivity contribution is 6.68. The molecule has 0 amide bonds. The van der Waals surface area contributed by atoms with E-state index in [1.54, 1.807) is 0 Å². The Morgan fingerprint density at radius 2 is 0.913 bits per heavy atom. The van der Waals surface area contributed by atoms with Gasteiger partial charge in [-0.05, 0) is 168 Å². The molecular formula is C38H30Cl2O6. The molecular weight excluding hydrogens is 623 g/mol. The fourth-order valence-corrected chi connectivity index (χ4v) is 8.38. The predicted octanol–water partition coefficient (Wildman–Crippen LogP) is 8.82. The summed E-state index contributed by atoms with van der Waals surface area (Å²) in [6.07, 6.45) is 4.83. The van der Waals surface area contributed by atoms with Gasteiger partial charge in [-0.15, -0.1) is 0 Å². The fraction of sp³-hybridized carbons (Fsp3) is 0.263. The predicted molar refractivity (Wildman–Crippen MR) is 174 cm³/mol. The number of benzene rings is 4. The van der Waals surface area contributed by atoms with Crippen LogP contribution in [0.4, 0.5) is 0 Å². The first-order chi connectivity index (χ1) is 22.2. The van der Waals surface area contributed by atoms with Gasteiger partial charge in [0.2, 0.25) is 0 Å². The number of hydrogen-bond acceptors (Lipinski definition) is 6. The third-order valence-corrected chi connectivity index (χ3v) is 10.7. The minimum Gasteiger partial charge on any atom is -0.423 e. The molecule has 6 atom stereocenters. The van der Waals surface area contributed by atoms with Crippen molar-refractivity contribution in [3.05, 3.63) is 130 Å². The Labute approximate surface area is 276 Å². The summed E-state index contributed by atoms with van der Waals surface area (Å²) >= 11 is 11.0. The van der Waals surface area contributed by atoms with E-state index in [4.69, 9.17) is 32.7 Å². The van der Waals surface area contributed by atoms with Crippen LogP contribution in [-0.2, 0) is 0 Å². The van der Waals surface area contributed by atoms with E-state index in [1.165, 1.54) is 78.9 Å². The van der Waals surface area contributed by atoms with Crippen molar-refractivity contribution >= 4 is 45.6 Å².